The number of thioether (sulfide) groups is 2. The molecule has 0 aliphatic rings. The van der Waals surface area contributed by atoms with E-state index in [1.54, 1.807) is 12.5 Å². The van der Waals surface area contributed by atoms with Crippen LogP contribution < -0.4 is 0 Å². The Morgan fingerprint density at radius 3 is 2.48 bits per heavy atom. The molecule has 110 valence electrons. The number of rotatable bonds is 3. The Bertz CT molecular complexity index is 704. The van der Waals surface area contributed by atoms with Crippen molar-refractivity contribution in [1.82, 2.24) is 5.16 Å². The largest absolute Gasteiger partial charge is 0.416 e. The summed E-state index contributed by atoms with van der Waals surface area (Å²) in [5.74, 6) is 0.194. The molecular weight excluding hydrogens is 321 g/mol. The van der Waals surface area contributed by atoms with Gasteiger partial charge >= 0.3 is 6.18 Å². The summed E-state index contributed by atoms with van der Waals surface area (Å²) in [6, 6.07) is 5.30. The van der Waals surface area contributed by atoms with Gasteiger partial charge < -0.3 is 4.52 Å². The second kappa shape index (κ2) is 6.03. The highest BCUT2D eigenvalue weighted by Gasteiger charge is 2.31. The van der Waals surface area contributed by atoms with Crippen LogP contribution in [0, 0.1) is 11.3 Å². The van der Waals surface area contributed by atoms with E-state index in [2.05, 4.69) is 5.16 Å². The lowest BCUT2D eigenvalue weighted by Crippen LogP contribution is -2.05. The molecule has 2 rings (SSSR count). The van der Waals surface area contributed by atoms with Gasteiger partial charge in [-0.25, -0.2) is 0 Å². The minimum atomic E-state index is -4.41. The number of aromatic nitrogens is 1. The smallest absolute Gasteiger partial charge is 0.354 e. The fourth-order valence-corrected chi connectivity index (χ4v) is 2.83. The molecule has 2 aromatic rings. The number of nitrogens with zero attached hydrogens (tertiary/aromatic N) is 2. The maximum atomic E-state index is 12.7. The molecule has 0 aliphatic heterocycles. The van der Waals surface area contributed by atoms with Crippen molar-refractivity contribution in [3.8, 4) is 17.4 Å². The van der Waals surface area contributed by atoms with Gasteiger partial charge in [0.05, 0.1) is 5.56 Å². The quantitative estimate of drug-likeness (QED) is 0.765. The molecule has 1 aromatic carbocycles. The van der Waals surface area contributed by atoms with Crippen molar-refractivity contribution in [2.75, 3.05) is 12.5 Å². The van der Waals surface area contributed by atoms with E-state index in [4.69, 9.17) is 4.52 Å². The molecule has 0 unspecified atom stereocenters. The van der Waals surface area contributed by atoms with Crippen LogP contribution in [-0.2, 0) is 6.18 Å². The van der Waals surface area contributed by atoms with E-state index >= 15 is 0 Å². The van der Waals surface area contributed by atoms with E-state index in [1.165, 1.54) is 17.8 Å². The van der Waals surface area contributed by atoms with Crippen LogP contribution in [0.4, 0.5) is 13.2 Å². The highest BCUT2D eigenvalue weighted by Crippen LogP contribution is 2.39. The van der Waals surface area contributed by atoms with Crippen molar-refractivity contribution < 1.29 is 17.7 Å². The van der Waals surface area contributed by atoms with Crippen LogP contribution >= 0.6 is 23.5 Å². The van der Waals surface area contributed by atoms with E-state index in [-0.39, 0.29) is 11.3 Å². The molecule has 0 saturated carbocycles. The zero-order valence-electron chi connectivity index (χ0n) is 11.0. The lowest BCUT2D eigenvalue weighted by molar-refractivity contribution is -0.137. The van der Waals surface area contributed by atoms with Crippen LogP contribution in [0.3, 0.4) is 0 Å². The summed E-state index contributed by atoms with van der Waals surface area (Å²) < 4.78 is 43.4. The third-order valence-electron chi connectivity index (χ3n) is 2.74. The number of halogens is 3. The summed E-state index contributed by atoms with van der Waals surface area (Å²) in [6.07, 6.45) is -1.01. The van der Waals surface area contributed by atoms with Gasteiger partial charge in [-0.15, -0.1) is 23.5 Å². The van der Waals surface area contributed by atoms with Crippen molar-refractivity contribution in [1.29, 1.82) is 5.26 Å². The van der Waals surface area contributed by atoms with Gasteiger partial charge in [0.15, 0.2) is 10.8 Å². The third-order valence-corrected chi connectivity index (χ3v) is 4.18. The minimum absolute atomic E-state index is 0.194. The Kier molecular flexibility index (Phi) is 4.54. The Balaban J connectivity index is 2.60. The summed E-state index contributed by atoms with van der Waals surface area (Å²) in [7, 11) is 0. The average molecular weight is 330 g/mol. The molecule has 0 saturated heterocycles. The summed E-state index contributed by atoms with van der Waals surface area (Å²) in [5, 5.41) is 13.4. The highest BCUT2D eigenvalue weighted by molar-refractivity contribution is 7.99. The van der Waals surface area contributed by atoms with Crippen LogP contribution in [0.5, 0.6) is 0 Å². The van der Waals surface area contributed by atoms with Crippen LogP contribution in [0.1, 0.15) is 11.1 Å². The Labute approximate surface area is 127 Å². The molecule has 0 N–H and O–H groups in total. The maximum absolute atomic E-state index is 12.7. The normalized spacial score (nSPS) is 11.4. The Morgan fingerprint density at radius 2 is 1.95 bits per heavy atom. The first kappa shape index (κ1) is 15.8. The summed E-state index contributed by atoms with van der Waals surface area (Å²) in [4.78, 5) is 0.380. The lowest BCUT2D eigenvalue weighted by Gasteiger charge is -2.10. The average Bonchev–Trinajstić information content (AvgIpc) is 2.88. The van der Waals surface area contributed by atoms with Gasteiger partial charge in [0.1, 0.15) is 11.6 Å². The minimum Gasteiger partial charge on any atom is -0.354 e. The molecule has 1 aromatic heterocycles. The van der Waals surface area contributed by atoms with Crippen molar-refractivity contribution in [2.24, 2.45) is 0 Å². The number of hydrogen-bond donors (Lipinski definition) is 0. The molecule has 21 heavy (non-hydrogen) atoms. The summed E-state index contributed by atoms with van der Waals surface area (Å²) >= 11 is 2.39. The fraction of sp³-hybridized carbons (Fsp3) is 0.231. The molecule has 1 heterocycles. The molecule has 0 fully saturated rings. The van der Waals surface area contributed by atoms with E-state index in [0.717, 1.165) is 23.9 Å². The van der Waals surface area contributed by atoms with Gasteiger partial charge in [0.2, 0.25) is 0 Å². The van der Waals surface area contributed by atoms with Gasteiger partial charge in [0, 0.05) is 10.5 Å². The molecule has 0 spiro atoms. The van der Waals surface area contributed by atoms with Crippen LogP contribution in [0.15, 0.2) is 32.6 Å². The topological polar surface area (TPSA) is 49.8 Å². The molecule has 0 amide bonds. The number of alkyl halides is 3. The van der Waals surface area contributed by atoms with Crippen molar-refractivity contribution in [3.63, 3.8) is 0 Å². The molecular formula is C13H9F3N2OS2. The van der Waals surface area contributed by atoms with Crippen LogP contribution in [0.2, 0.25) is 0 Å². The van der Waals surface area contributed by atoms with Crippen molar-refractivity contribution in [3.05, 3.63) is 29.3 Å². The van der Waals surface area contributed by atoms with Crippen molar-refractivity contribution >= 4 is 23.5 Å². The zero-order valence-corrected chi connectivity index (χ0v) is 12.6. The molecule has 8 heteroatoms. The lowest BCUT2D eigenvalue weighted by atomic mass is 10.1. The van der Waals surface area contributed by atoms with Gasteiger partial charge in [-0.1, -0.05) is 5.16 Å². The molecule has 0 radical (unpaired) electrons. The van der Waals surface area contributed by atoms with E-state index in [0.29, 0.717) is 15.5 Å². The Morgan fingerprint density at radius 1 is 1.24 bits per heavy atom. The molecule has 0 bridgehead atoms. The third kappa shape index (κ3) is 3.04. The van der Waals surface area contributed by atoms with Gasteiger partial charge in [0.25, 0.3) is 0 Å². The predicted molar refractivity (Wildman–Crippen MR) is 75.2 cm³/mol. The maximum Gasteiger partial charge on any atom is 0.416 e. The first-order valence-corrected chi connectivity index (χ1v) is 8.06. The second-order valence-electron chi connectivity index (χ2n) is 3.92. The first-order chi connectivity index (χ1) is 9.92. The van der Waals surface area contributed by atoms with Gasteiger partial charge in [-0.3, -0.25) is 0 Å². The van der Waals surface area contributed by atoms with Crippen molar-refractivity contribution in [2.45, 2.75) is 16.1 Å². The SMILES string of the molecule is CSc1cc(C(F)(F)F)ccc1-c1onc(SC)c1C#N. The Hall–Kier alpha value is -1.59. The number of benzene rings is 1. The number of nitriles is 1. The zero-order chi connectivity index (χ0) is 15.6. The summed E-state index contributed by atoms with van der Waals surface area (Å²) in [5.41, 5.74) is -0.0730. The first-order valence-electron chi connectivity index (χ1n) is 5.61. The molecule has 3 nitrogen and oxygen atoms in total. The number of hydrogen-bond acceptors (Lipinski definition) is 5. The van der Waals surface area contributed by atoms with E-state index < -0.39 is 11.7 Å². The van der Waals surface area contributed by atoms with E-state index in [1.807, 2.05) is 6.07 Å². The van der Waals surface area contributed by atoms with Crippen LogP contribution in [-0.4, -0.2) is 17.7 Å². The van der Waals surface area contributed by atoms with Gasteiger partial charge in [-0.2, -0.15) is 18.4 Å². The fourth-order valence-electron chi connectivity index (χ4n) is 1.75. The van der Waals surface area contributed by atoms with Gasteiger partial charge in [-0.05, 0) is 30.7 Å². The highest BCUT2D eigenvalue weighted by atomic mass is 32.2. The second-order valence-corrected chi connectivity index (χ2v) is 5.56. The van der Waals surface area contributed by atoms with Crippen LogP contribution in [0.25, 0.3) is 11.3 Å². The summed E-state index contributed by atoms with van der Waals surface area (Å²) in [6.45, 7) is 0. The predicted octanol–water partition coefficient (Wildman–Crippen LogP) is 4.68. The molecule has 0 aliphatic carbocycles. The monoisotopic (exact) mass is 330 g/mol. The van der Waals surface area contributed by atoms with E-state index in [9.17, 15) is 18.4 Å². The molecule has 0 atom stereocenters. The standard InChI is InChI=1S/C13H9F3N2OS2/c1-20-10-5-7(13(14,15)16)3-4-8(10)11-9(6-17)12(21-2)18-19-11/h3-5H,1-2H3.